The normalized spacial score (nSPS) is 14.7. The quantitative estimate of drug-likeness (QED) is 0.937. The van der Waals surface area contributed by atoms with Crippen LogP contribution in [-0.2, 0) is 4.74 Å². The zero-order valence-corrected chi connectivity index (χ0v) is 11.8. The van der Waals surface area contributed by atoms with Crippen LogP contribution < -0.4 is 5.32 Å². The minimum Gasteiger partial charge on any atom is -0.378 e. The van der Waals surface area contributed by atoms with Crippen LogP contribution in [0, 0.1) is 5.82 Å². The molecule has 0 aliphatic carbocycles. The minimum atomic E-state index is -0.307. The lowest BCUT2D eigenvalue weighted by molar-refractivity contribution is 0.0302. The van der Waals surface area contributed by atoms with E-state index in [1.165, 1.54) is 24.5 Å². The largest absolute Gasteiger partial charge is 0.378 e. The molecule has 1 aromatic carbocycles. The van der Waals surface area contributed by atoms with Gasteiger partial charge in [-0.05, 0) is 24.3 Å². The number of nitrogens with one attached hydrogen (secondary N) is 1. The maximum absolute atomic E-state index is 12.8. The van der Waals surface area contributed by atoms with Crippen LogP contribution in [0.1, 0.15) is 10.4 Å². The summed E-state index contributed by atoms with van der Waals surface area (Å²) in [6, 6.07) is 5.87. The van der Waals surface area contributed by atoms with Crippen LogP contribution in [0.4, 0.5) is 16.0 Å². The molecule has 1 amide bonds. The molecule has 1 aliphatic rings. The van der Waals surface area contributed by atoms with E-state index in [2.05, 4.69) is 15.3 Å². The second-order valence-corrected chi connectivity index (χ2v) is 4.83. The predicted octanol–water partition coefficient (Wildman–Crippen LogP) is 1.83. The topological polar surface area (TPSA) is 67.4 Å². The first kappa shape index (κ1) is 14.4. The molecule has 114 valence electrons. The highest BCUT2D eigenvalue weighted by Gasteiger charge is 2.19. The lowest BCUT2D eigenvalue weighted by atomic mass is 10.3. The van der Waals surface area contributed by atoms with Crippen LogP contribution in [0.15, 0.2) is 36.7 Å². The van der Waals surface area contributed by atoms with Crippen LogP contribution in [0.25, 0.3) is 0 Å². The van der Waals surface area contributed by atoms with Gasteiger partial charge in [-0.3, -0.25) is 4.79 Å². The Kier molecular flexibility index (Phi) is 4.24. The number of ether oxygens (including phenoxy) is 1. The Hall–Kier alpha value is -2.54. The van der Waals surface area contributed by atoms with Gasteiger partial charge >= 0.3 is 0 Å². The molecule has 1 aromatic heterocycles. The third kappa shape index (κ3) is 3.37. The fourth-order valence-corrected chi connectivity index (χ4v) is 2.11. The SMILES string of the molecule is O=C(c1cnc(Nc2ccc(F)cc2)nc1)N1CCOCC1. The van der Waals surface area contributed by atoms with Gasteiger partial charge < -0.3 is 15.0 Å². The number of rotatable bonds is 3. The first-order valence-corrected chi connectivity index (χ1v) is 6.94. The lowest BCUT2D eigenvalue weighted by Gasteiger charge is -2.26. The number of carbonyl (C=O) groups excluding carboxylic acids is 1. The number of hydrogen-bond acceptors (Lipinski definition) is 5. The summed E-state index contributed by atoms with van der Waals surface area (Å²) in [6.45, 7) is 2.26. The van der Waals surface area contributed by atoms with Gasteiger partial charge in [-0.25, -0.2) is 14.4 Å². The molecule has 22 heavy (non-hydrogen) atoms. The highest BCUT2D eigenvalue weighted by atomic mass is 19.1. The summed E-state index contributed by atoms with van der Waals surface area (Å²) < 4.78 is 18.1. The minimum absolute atomic E-state index is 0.100. The van der Waals surface area contributed by atoms with E-state index in [-0.39, 0.29) is 11.7 Å². The van der Waals surface area contributed by atoms with Gasteiger partial charge in [-0.15, -0.1) is 0 Å². The molecule has 0 saturated carbocycles. The van der Waals surface area contributed by atoms with Crippen LogP contribution >= 0.6 is 0 Å². The summed E-state index contributed by atoms with van der Waals surface area (Å²) in [4.78, 5) is 22.2. The molecule has 1 saturated heterocycles. The second-order valence-electron chi connectivity index (χ2n) is 4.83. The zero-order valence-electron chi connectivity index (χ0n) is 11.8. The summed E-state index contributed by atoms with van der Waals surface area (Å²) in [5.41, 5.74) is 1.11. The molecule has 3 rings (SSSR count). The Balaban J connectivity index is 1.66. The number of benzene rings is 1. The van der Waals surface area contributed by atoms with Gasteiger partial charge in [0.15, 0.2) is 0 Å². The molecule has 1 fully saturated rings. The summed E-state index contributed by atoms with van der Waals surface area (Å²) in [7, 11) is 0. The molecule has 7 heteroatoms. The van der Waals surface area contributed by atoms with Crippen molar-refractivity contribution in [3.05, 3.63) is 48.0 Å². The van der Waals surface area contributed by atoms with E-state index in [1.807, 2.05) is 0 Å². The molecule has 1 aliphatic heterocycles. The Morgan fingerprint density at radius 1 is 1.14 bits per heavy atom. The van der Waals surface area contributed by atoms with Crippen molar-refractivity contribution in [3.63, 3.8) is 0 Å². The summed E-state index contributed by atoms with van der Waals surface area (Å²) in [5, 5.41) is 2.94. The van der Waals surface area contributed by atoms with Crippen molar-refractivity contribution in [2.24, 2.45) is 0 Å². The lowest BCUT2D eigenvalue weighted by Crippen LogP contribution is -2.40. The van der Waals surface area contributed by atoms with Gasteiger partial charge in [-0.1, -0.05) is 0 Å². The van der Waals surface area contributed by atoms with E-state index in [9.17, 15) is 9.18 Å². The molecule has 0 spiro atoms. The van der Waals surface area contributed by atoms with Gasteiger partial charge in [0.1, 0.15) is 5.82 Å². The third-order valence-corrected chi connectivity index (χ3v) is 3.30. The van der Waals surface area contributed by atoms with Crippen molar-refractivity contribution in [3.8, 4) is 0 Å². The van der Waals surface area contributed by atoms with E-state index < -0.39 is 0 Å². The molecular formula is C15H15FN4O2. The molecule has 0 atom stereocenters. The molecule has 0 unspecified atom stereocenters. The van der Waals surface area contributed by atoms with Crippen LogP contribution in [0.2, 0.25) is 0 Å². The number of halogens is 1. The number of nitrogens with zero attached hydrogens (tertiary/aromatic N) is 3. The molecule has 0 bridgehead atoms. The summed E-state index contributed by atoms with van der Waals surface area (Å²) >= 11 is 0. The smallest absolute Gasteiger partial charge is 0.257 e. The van der Waals surface area contributed by atoms with E-state index >= 15 is 0 Å². The number of aromatic nitrogens is 2. The monoisotopic (exact) mass is 302 g/mol. The van der Waals surface area contributed by atoms with Gasteiger partial charge in [-0.2, -0.15) is 0 Å². The fourth-order valence-electron chi connectivity index (χ4n) is 2.11. The molecule has 1 N–H and O–H groups in total. The number of hydrogen-bond donors (Lipinski definition) is 1. The maximum atomic E-state index is 12.8. The highest BCUT2D eigenvalue weighted by molar-refractivity contribution is 5.93. The van der Waals surface area contributed by atoms with Gasteiger partial charge in [0.2, 0.25) is 5.95 Å². The average Bonchev–Trinajstić information content (AvgIpc) is 2.58. The molecular weight excluding hydrogens is 287 g/mol. The Labute approximate surface area is 126 Å². The van der Waals surface area contributed by atoms with E-state index in [1.54, 1.807) is 17.0 Å². The average molecular weight is 302 g/mol. The number of morpholine rings is 1. The van der Waals surface area contributed by atoms with Crippen molar-refractivity contribution in [2.45, 2.75) is 0 Å². The second kappa shape index (κ2) is 6.48. The Bertz CT molecular complexity index is 640. The van der Waals surface area contributed by atoms with Crippen molar-refractivity contribution >= 4 is 17.5 Å². The van der Waals surface area contributed by atoms with E-state index in [0.717, 1.165) is 0 Å². The van der Waals surface area contributed by atoms with E-state index in [4.69, 9.17) is 4.74 Å². The first-order chi connectivity index (χ1) is 10.7. The standard InChI is InChI=1S/C15H15FN4O2/c16-12-1-3-13(4-2-12)19-15-17-9-11(10-18-15)14(21)20-5-7-22-8-6-20/h1-4,9-10H,5-8H2,(H,17,18,19). The number of anilines is 2. The summed E-state index contributed by atoms with van der Waals surface area (Å²) in [5.74, 6) is -0.0558. The Morgan fingerprint density at radius 3 is 2.41 bits per heavy atom. The highest BCUT2D eigenvalue weighted by Crippen LogP contribution is 2.13. The van der Waals surface area contributed by atoms with Gasteiger partial charge in [0.25, 0.3) is 5.91 Å². The molecule has 0 radical (unpaired) electrons. The van der Waals surface area contributed by atoms with Gasteiger partial charge in [0.05, 0.1) is 18.8 Å². The van der Waals surface area contributed by atoms with Crippen molar-refractivity contribution in [1.82, 2.24) is 14.9 Å². The van der Waals surface area contributed by atoms with Crippen LogP contribution in [0.3, 0.4) is 0 Å². The van der Waals surface area contributed by atoms with E-state index in [0.29, 0.717) is 43.5 Å². The zero-order chi connectivity index (χ0) is 15.4. The predicted molar refractivity (Wildman–Crippen MR) is 78.4 cm³/mol. The van der Waals surface area contributed by atoms with Crippen molar-refractivity contribution in [1.29, 1.82) is 0 Å². The Morgan fingerprint density at radius 2 is 1.77 bits per heavy atom. The summed E-state index contributed by atoms with van der Waals surface area (Å²) in [6.07, 6.45) is 2.97. The van der Waals surface area contributed by atoms with Gasteiger partial charge in [0, 0.05) is 31.2 Å². The number of amides is 1. The van der Waals surface area contributed by atoms with Crippen molar-refractivity contribution < 1.29 is 13.9 Å². The van der Waals surface area contributed by atoms with Crippen LogP contribution in [0.5, 0.6) is 0 Å². The molecule has 6 nitrogen and oxygen atoms in total. The van der Waals surface area contributed by atoms with Crippen molar-refractivity contribution in [2.75, 3.05) is 31.6 Å². The molecule has 2 heterocycles. The third-order valence-electron chi connectivity index (χ3n) is 3.30. The fraction of sp³-hybridized carbons (Fsp3) is 0.267. The first-order valence-electron chi connectivity index (χ1n) is 6.94. The molecule has 2 aromatic rings. The number of carbonyl (C=O) groups is 1. The maximum Gasteiger partial charge on any atom is 0.257 e. The van der Waals surface area contributed by atoms with Crippen LogP contribution in [-0.4, -0.2) is 47.1 Å².